The van der Waals surface area contributed by atoms with E-state index < -0.39 is 17.5 Å². The summed E-state index contributed by atoms with van der Waals surface area (Å²) in [6.45, 7) is 2.92. The van der Waals surface area contributed by atoms with E-state index in [1.165, 1.54) is 13.0 Å². The molecule has 0 atom stereocenters. The van der Waals surface area contributed by atoms with Crippen molar-refractivity contribution in [3.63, 3.8) is 0 Å². The maximum atomic E-state index is 12.7. The number of ketones is 1. The van der Waals surface area contributed by atoms with Crippen LogP contribution in [-0.4, -0.2) is 12.4 Å². The fraction of sp³-hybridized carbons (Fsp3) is 0.364. The Balaban J connectivity index is 3.42. The minimum atomic E-state index is -4.55. The molecule has 0 bridgehead atoms. The van der Waals surface area contributed by atoms with Crippen molar-refractivity contribution < 1.29 is 22.7 Å². The van der Waals surface area contributed by atoms with Crippen LogP contribution in [0.2, 0.25) is 0 Å². The number of hydrogen-bond donors (Lipinski definition) is 0. The topological polar surface area (TPSA) is 26.3 Å². The number of ether oxygens (including phenoxy) is 1. The molecule has 0 radical (unpaired) electrons. The predicted molar refractivity (Wildman–Crippen MR) is 60.3 cm³/mol. The van der Waals surface area contributed by atoms with Gasteiger partial charge in [0.25, 0.3) is 0 Å². The average molecular weight is 311 g/mol. The Morgan fingerprint density at radius 2 is 2.00 bits per heavy atom. The van der Waals surface area contributed by atoms with Gasteiger partial charge in [-0.2, -0.15) is 13.2 Å². The number of rotatable bonds is 3. The van der Waals surface area contributed by atoms with Crippen molar-refractivity contribution in [2.45, 2.75) is 20.0 Å². The highest BCUT2D eigenvalue weighted by Crippen LogP contribution is 2.39. The summed E-state index contributed by atoms with van der Waals surface area (Å²) in [6, 6.07) is 1.97. The summed E-state index contributed by atoms with van der Waals surface area (Å²) in [7, 11) is 0. The number of alkyl halides is 3. The van der Waals surface area contributed by atoms with Crippen LogP contribution in [0.5, 0.6) is 5.75 Å². The number of Topliss-reactive ketones (excluding diaryl/α,β-unsaturated/α-hetero) is 1. The second kappa shape index (κ2) is 5.08. The highest BCUT2D eigenvalue weighted by Gasteiger charge is 2.35. The van der Waals surface area contributed by atoms with Crippen LogP contribution in [0, 0.1) is 0 Å². The van der Waals surface area contributed by atoms with Crippen LogP contribution >= 0.6 is 15.9 Å². The molecule has 0 N–H and O–H groups in total. The summed E-state index contributed by atoms with van der Waals surface area (Å²) in [4.78, 5) is 11.2. The molecule has 0 aliphatic carbocycles. The second-order valence-corrected chi connectivity index (χ2v) is 4.17. The smallest absolute Gasteiger partial charge is 0.419 e. The molecule has 94 valence electrons. The van der Waals surface area contributed by atoms with Crippen LogP contribution in [0.25, 0.3) is 0 Å². The van der Waals surface area contributed by atoms with Gasteiger partial charge in [0.1, 0.15) is 5.75 Å². The number of benzene rings is 1. The average Bonchev–Trinajstić information content (AvgIpc) is 2.15. The first-order chi connectivity index (χ1) is 7.77. The molecule has 1 rings (SSSR count). The molecule has 0 fully saturated rings. The van der Waals surface area contributed by atoms with Crippen molar-refractivity contribution in [3.05, 3.63) is 27.7 Å². The van der Waals surface area contributed by atoms with E-state index in [0.717, 1.165) is 6.07 Å². The Morgan fingerprint density at radius 1 is 1.41 bits per heavy atom. The van der Waals surface area contributed by atoms with Crippen LogP contribution in [0.3, 0.4) is 0 Å². The zero-order valence-corrected chi connectivity index (χ0v) is 10.8. The predicted octanol–water partition coefficient (Wildman–Crippen LogP) is 4.07. The maximum absolute atomic E-state index is 12.7. The van der Waals surface area contributed by atoms with Crippen molar-refractivity contribution in [3.8, 4) is 5.75 Å². The van der Waals surface area contributed by atoms with E-state index in [-0.39, 0.29) is 17.9 Å². The van der Waals surface area contributed by atoms with Gasteiger partial charge in [0.05, 0.1) is 12.2 Å². The van der Waals surface area contributed by atoms with Crippen molar-refractivity contribution in [1.82, 2.24) is 0 Å². The molecule has 0 heterocycles. The molecule has 0 unspecified atom stereocenters. The van der Waals surface area contributed by atoms with Gasteiger partial charge in [-0.25, -0.2) is 0 Å². The quantitative estimate of drug-likeness (QED) is 0.787. The van der Waals surface area contributed by atoms with Gasteiger partial charge in [-0.15, -0.1) is 0 Å². The number of carbonyl (C=O) groups is 1. The van der Waals surface area contributed by atoms with Crippen LogP contribution < -0.4 is 4.74 Å². The summed E-state index contributed by atoms with van der Waals surface area (Å²) in [6.07, 6.45) is -4.55. The van der Waals surface area contributed by atoms with Gasteiger partial charge in [0.15, 0.2) is 5.78 Å². The molecule has 17 heavy (non-hydrogen) atoms. The third kappa shape index (κ3) is 3.21. The molecule has 1 aromatic rings. The fourth-order valence-corrected chi connectivity index (χ4v) is 1.92. The SMILES string of the molecule is CCOc1cc(Br)c(C(C)=O)cc1C(F)(F)F. The largest absolute Gasteiger partial charge is 0.493 e. The first kappa shape index (κ1) is 14.0. The normalized spacial score (nSPS) is 11.4. The molecule has 1 aromatic carbocycles. The lowest BCUT2D eigenvalue weighted by Crippen LogP contribution is -2.10. The van der Waals surface area contributed by atoms with E-state index in [1.807, 2.05) is 0 Å². The highest BCUT2D eigenvalue weighted by atomic mass is 79.9. The van der Waals surface area contributed by atoms with Crippen molar-refractivity contribution in [1.29, 1.82) is 0 Å². The van der Waals surface area contributed by atoms with Crippen molar-refractivity contribution in [2.24, 2.45) is 0 Å². The first-order valence-corrected chi connectivity index (χ1v) is 5.61. The minimum Gasteiger partial charge on any atom is -0.493 e. The molecule has 0 aromatic heterocycles. The zero-order valence-electron chi connectivity index (χ0n) is 9.19. The van der Waals surface area contributed by atoms with Gasteiger partial charge in [0, 0.05) is 10.0 Å². The standard InChI is InChI=1S/C11H10BrF3O2/c1-3-17-10-5-9(12)7(6(2)16)4-8(10)11(13,14)15/h4-5H,3H2,1-2H3. The molecule has 0 aliphatic heterocycles. The number of halogens is 4. The minimum absolute atomic E-state index is 0.0132. The van der Waals surface area contributed by atoms with Gasteiger partial charge in [-0.1, -0.05) is 0 Å². The van der Waals surface area contributed by atoms with E-state index in [0.29, 0.717) is 4.47 Å². The van der Waals surface area contributed by atoms with E-state index in [1.54, 1.807) is 6.92 Å². The molecule has 0 saturated heterocycles. The molecule has 6 heteroatoms. The maximum Gasteiger partial charge on any atom is 0.419 e. The summed E-state index contributed by atoms with van der Waals surface area (Å²) in [5.74, 6) is -0.720. The Hall–Kier alpha value is -1.04. The zero-order chi connectivity index (χ0) is 13.2. The van der Waals surface area contributed by atoms with Crippen LogP contribution in [0.4, 0.5) is 13.2 Å². The Kier molecular flexibility index (Phi) is 4.19. The van der Waals surface area contributed by atoms with E-state index in [4.69, 9.17) is 4.74 Å². The van der Waals surface area contributed by atoms with E-state index in [9.17, 15) is 18.0 Å². The van der Waals surface area contributed by atoms with Crippen LogP contribution in [0.1, 0.15) is 29.8 Å². The highest BCUT2D eigenvalue weighted by molar-refractivity contribution is 9.10. The Bertz CT molecular complexity index is 441. The summed E-state index contributed by atoms with van der Waals surface area (Å²) in [5.41, 5.74) is -0.950. The number of hydrogen-bond acceptors (Lipinski definition) is 2. The summed E-state index contributed by atoms with van der Waals surface area (Å²) in [5, 5.41) is 0. The first-order valence-electron chi connectivity index (χ1n) is 4.81. The van der Waals surface area contributed by atoms with Gasteiger partial charge in [0.2, 0.25) is 0 Å². The Morgan fingerprint density at radius 3 is 2.41 bits per heavy atom. The lowest BCUT2D eigenvalue weighted by Gasteiger charge is -2.15. The van der Waals surface area contributed by atoms with Crippen LogP contribution in [-0.2, 0) is 6.18 Å². The van der Waals surface area contributed by atoms with Gasteiger partial charge in [-0.3, -0.25) is 4.79 Å². The lowest BCUT2D eigenvalue weighted by molar-refractivity contribution is -0.138. The fourth-order valence-electron chi connectivity index (χ4n) is 1.32. The molecule has 0 aliphatic rings. The third-order valence-electron chi connectivity index (χ3n) is 2.05. The summed E-state index contributed by atoms with van der Waals surface area (Å²) < 4.78 is 43.4. The number of carbonyl (C=O) groups excluding carboxylic acids is 1. The van der Waals surface area contributed by atoms with E-state index in [2.05, 4.69) is 15.9 Å². The lowest BCUT2D eigenvalue weighted by atomic mass is 10.1. The second-order valence-electron chi connectivity index (χ2n) is 3.32. The molecular formula is C11H10BrF3O2. The summed E-state index contributed by atoms with van der Waals surface area (Å²) >= 11 is 3.05. The van der Waals surface area contributed by atoms with E-state index >= 15 is 0 Å². The van der Waals surface area contributed by atoms with Crippen molar-refractivity contribution >= 4 is 21.7 Å². The third-order valence-corrected chi connectivity index (χ3v) is 2.71. The van der Waals surface area contributed by atoms with Gasteiger partial charge < -0.3 is 4.74 Å². The van der Waals surface area contributed by atoms with Gasteiger partial charge in [-0.05, 0) is 41.9 Å². The Labute approximate surface area is 105 Å². The molecule has 0 amide bonds. The molecule has 0 spiro atoms. The van der Waals surface area contributed by atoms with Crippen molar-refractivity contribution in [2.75, 3.05) is 6.61 Å². The molecule has 2 nitrogen and oxygen atoms in total. The van der Waals surface area contributed by atoms with Gasteiger partial charge >= 0.3 is 6.18 Å². The monoisotopic (exact) mass is 310 g/mol. The molecule has 0 saturated carbocycles. The molecular weight excluding hydrogens is 301 g/mol. The van der Waals surface area contributed by atoms with Crippen LogP contribution in [0.15, 0.2) is 16.6 Å².